The van der Waals surface area contributed by atoms with E-state index in [1.54, 1.807) is 12.1 Å². The molecule has 0 spiro atoms. The average Bonchev–Trinajstić information content (AvgIpc) is 2.59. The molecule has 1 aliphatic carbocycles. The van der Waals surface area contributed by atoms with Gasteiger partial charge in [0.2, 0.25) is 10.9 Å². The lowest BCUT2D eigenvalue weighted by molar-refractivity contribution is 0.243. The van der Waals surface area contributed by atoms with Crippen molar-refractivity contribution in [2.45, 2.75) is 44.6 Å². The summed E-state index contributed by atoms with van der Waals surface area (Å²) in [6.45, 7) is 0.895. The van der Waals surface area contributed by atoms with Gasteiger partial charge in [0.15, 0.2) is 0 Å². The Bertz CT molecular complexity index is 787. The van der Waals surface area contributed by atoms with E-state index >= 15 is 0 Å². The first kappa shape index (κ1) is 14.9. The molecule has 4 heteroatoms. The average molecular weight is 330 g/mol. The summed E-state index contributed by atoms with van der Waals surface area (Å²) in [5.41, 5.74) is 1.42. The Kier molecular flexibility index (Phi) is 3.76. The summed E-state index contributed by atoms with van der Waals surface area (Å²) in [5, 5.41) is 0.638. The molecule has 1 saturated carbocycles. The Morgan fingerprint density at radius 1 is 0.913 bits per heavy atom. The second-order valence-corrected chi connectivity index (χ2v) is 7.27. The van der Waals surface area contributed by atoms with Crippen LogP contribution in [0.2, 0.25) is 5.02 Å². The van der Waals surface area contributed by atoms with Crippen LogP contribution in [0.3, 0.4) is 0 Å². The lowest BCUT2D eigenvalue weighted by Crippen LogP contribution is -2.52. The molecule has 120 valence electrons. The number of hydrogen-bond donors (Lipinski definition) is 0. The molecule has 0 bridgehead atoms. The number of benzene rings is 1. The maximum atomic E-state index is 12.3. The Morgan fingerprint density at radius 3 is 2.39 bits per heavy atom. The van der Waals surface area contributed by atoms with E-state index < -0.39 is 0 Å². The summed E-state index contributed by atoms with van der Waals surface area (Å²) in [6.07, 6.45) is 7.29. The van der Waals surface area contributed by atoms with Gasteiger partial charge in [0, 0.05) is 17.6 Å². The van der Waals surface area contributed by atoms with Crippen LogP contribution in [-0.4, -0.2) is 12.6 Å². The zero-order chi connectivity index (χ0) is 16.0. The first-order valence-corrected chi connectivity index (χ1v) is 8.90. The normalized spacial score (nSPS) is 24.7. The fraction of sp³-hybridized carbons (Fsp3) is 0.474. The van der Waals surface area contributed by atoms with Crippen LogP contribution in [0, 0.1) is 5.92 Å². The summed E-state index contributed by atoms with van der Waals surface area (Å²) in [7, 11) is 0. The molecule has 1 aliphatic heterocycles. The van der Waals surface area contributed by atoms with Crippen LogP contribution < -0.4 is 15.8 Å². The molecule has 0 amide bonds. The Balaban J connectivity index is 1.74. The SMILES string of the molecule is O=c1c(-c2ccc(Cl)cc2)c(N2CCC[C@H]3CCCC[C@@H]32)c1=O. The minimum absolute atomic E-state index is 0.304. The molecule has 2 atom stereocenters. The van der Waals surface area contributed by atoms with E-state index in [9.17, 15) is 9.59 Å². The number of hydrogen-bond acceptors (Lipinski definition) is 3. The lowest BCUT2D eigenvalue weighted by Gasteiger charge is -2.46. The molecule has 0 N–H and O–H groups in total. The molecule has 0 aromatic heterocycles. The van der Waals surface area contributed by atoms with Crippen molar-refractivity contribution in [2.24, 2.45) is 5.92 Å². The van der Waals surface area contributed by atoms with Crippen molar-refractivity contribution in [3.8, 4) is 11.1 Å². The number of nitrogens with zero attached hydrogens (tertiary/aromatic N) is 1. The Labute approximate surface area is 140 Å². The molecular formula is C19H20ClNO2. The van der Waals surface area contributed by atoms with Crippen LogP contribution >= 0.6 is 11.6 Å². The van der Waals surface area contributed by atoms with Gasteiger partial charge in [-0.3, -0.25) is 9.59 Å². The molecule has 1 heterocycles. The van der Waals surface area contributed by atoms with E-state index in [-0.39, 0.29) is 10.9 Å². The van der Waals surface area contributed by atoms with Crippen LogP contribution in [0.1, 0.15) is 38.5 Å². The Morgan fingerprint density at radius 2 is 1.61 bits per heavy atom. The first-order valence-electron chi connectivity index (χ1n) is 8.52. The van der Waals surface area contributed by atoms with E-state index in [1.807, 2.05) is 12.1 Å². The van der Waals surface area contributed by atoms with E-state index in [2.05, 4.69) is 4.90 Å². The van der Waals surface area contributed by atoms with Crippen molar-refractivity contribution >= 4 is 17.3 Å². The van der Waals surface area contributed by atoms with E-state index in [4.69, 9.17) is 11.6 Å². The van der Waals surface area contributed by atoms with Crippen LogP contribution in [0.5, 0.6) is 0 Å². The third-order valence-electron chi connectivity index (χ3n) is 5.55. The third-order valence-corrected chi connectivity index (χ3v) is 5.80. The predicted molar refractivity (Wildman–Crippen MR) is 94.1 cm³/mol. The van der Waals surface area contributed by atoms with Gasteiger partial charge in [-0.25, -0.2) is 0 Å². The van der Waals surface area contributed by atoms with E-state index in [0.29, 0.717) is 28.2 Å². The number of halogens is 1. The fourth-order valence-corrected chi connectivity index (χ4v) is 4.57. The zero-order valence-corrected chi connectivity index (χ0v) is 13.8. The fourth-order valence-electron chi connectivity index (χ4n) is 4.44. The maximum absolute atomic E-state index is 12.3. The maximum Gasteiger partial charge on any atom is 0.250 e. The van der Waals surface area contributed by atoms with Crippen molar-refractivity contribution in [1.29, 1.82) is 0 Å². The lowest BCUT2D eigenvalue weighted by atomic mass is 9.77. The van der Waals surface area contributed by atoms with Crippen LogP contribution in [0.15, 0.2) is 33.9 Å². The summed E-state index contributed by atoms with van der Waals surface area (Å²) in [5.74, 6) is 0.681. The van der Waals surface area contributed by atoms with E-state index in [1.165, 1.54) is 25.7 Å². The van der Waals surface area contributed by atoms with Crippen LogP contribution in [-0.2, 0) is 0 Å². The molecule has 3 nitrogen and oxygen atoms in total. The highest BCUT2D eigenvalue weighted by Gasteiger charge is 2.38. The van der Waals surface area contributed by atoms with Crippen LogP contribution in [0.25, 0.3) is 11.1 Å². The van der Waals surface area contributed by atoms with Gasteiger partial charge in [-0.2, -0.15) is 0 Å². The monoisotopic (exact) mass is 329 g/mol. The van der Waals surface area contributed by atoms with Gasteiger partial charge in [0.25, 0.3) is 0 Å². The highest BCUT2D eigenvalue weighted by atomic mass is 35.5. The molecule has 0 unspecified atom stereocenters. The summed E-state index contributed by atoms with van der Waals surface area (Å²) in [6, 6.07) is 7.66. The van der Waals surface area contributed by atoms with Crippen molar-refractivity contribution in [1.82, 2.24) is 0 Å². The number of fused-ring (bicyclic) bond motifs is 1. The smallest absolute Gasteiger partial charge is 0.250 e. The second-order valence-electron chi connectivity index (χ2n) is 6.84. The summed E-state index contributed by atoms with van der Waals surface area (Å²) < 4.78 is 0. The molecule has 2 aromatic carbocycles. The topological polar surface area (TPSA) is 37.4 Å². The minimum Gasteiger partial charge on any atom is -0.364 e. The summed E-state index contributed by atoms with van der Waals surface area (Å²) >= 11 is 5.94. The molecular weight excluding hydrogens is 310 g/mol. The molecule has 1 saturated heterocycles. The largest absolute Gasteiger partial charge is 0.364 e. The van der Waals surface area contributed by atoms with E-state index in [0.717, 1.165) is 24.9 Å². The van der Waals surface area contributed by atoms with Crippen molar-refractivity contribution < 1.29 is 0 Å². The molecule has 2 aromatic rings. The third kappa shape index (κ3) is 2.42. The molecule has 2 fully saturated rings. The molecule has 4 rings (SSSR count). The van der Waals surface area contributed by atoms with Gasteiger partial charge in [0.05, 0.1) is 5.56 Å². The number of anilines is 1. The van der Waals surface area contributed by atoms with Crippen molar-refractivity contribution in [3.63, 3.8) is 0 Å². The standard InChI is InChI=1S/C19H20ClNO2/c20-14-9-7-13(8-10-14)16-17(19(23)18(16)22)21-11-3-5-12-4-1-2-6-15(12)21/h7-10,12,15H,1-6,11H2/t12-,15+/m1/s1. The number of rotatable bonds is 2. The predicted octanol–water partition coefficient (Wildman–Crippen LogP) is 3.76. The Hall–Kier alpha value is -1.61. The van der Waals surface area contributed by atoms with Crippen molar-refractivity contribution in [2.75, 3.05) is 11.4 Å². The molecule has 23 heavy (non-hydrogen) atoms. The number of piperidine rings is 1. The van der Waals surface area contributed by atoms with Crippen LogP contribution in [0.4, 0.5) is 5.69 Å². The first-order chi connectivity index (χ1) is 11.2. The van der Waals surface area contributed by atoms with Gasteiger partial charge in [0.1, 0.15) is 5.69 Å². The molecule has 2 aliphatic rings. The van der Waals surface area contributed by atoms with Gasteiger partial charge in [-0.15, -0.1) is 0 Å². The minimum atomic E-state index is -0.347. The van der Waals surface area contributed by atoms with Gasteiger partial charge < -0.3 is 4.90 Å². The van der Waals surface area contributed by atoms with Gasteiger partial charge in [-0.1, -0.05) is 36.6 Å². The van der Waals surface area contributed by atoms with Gasteiger partial charge in [-0.05, 0) is 49.3 Å². The zero-order valence-electron chi connectivity index (χ0n) is 13.1. The highest BCUT2D eigenvalue weighted by molar-refractivity contribution is 6.30. The second kappa shape index (κ2) is 5.79. The van der Waals surface area contributed by atoms with Gasteiger partial charge >= 0.3 is 0 Å². The molecule has 0 radical (unpaired) electrons. The quantitative estimate of drug-likeness (QED) is 0.787. The highest BCUT2D eigenvalue weighted by Crippen LogP contribution is 2.39. The summed E-state index contributed by atoms with van der Waals surface area (Å²) in [4.78, 5) is 26.8. The van der Waals surface area contributed by atoms with Crippen molar-refractivity contribution in [3.05, 3.63) is 49.7 Å².